The van der Waals surface area contributed by atoms with Gasteiger partial charge in [0.25, 0.3) is 0 Å². The molecule has 0 fully saturated rings. The van der Waals surface area contributed by atoms with Crippen LogP contribution in [0, 0.1) is 6.92 Å². The Morgan fingerprint density at radius 2 is 2.08 bits per heavy atom. The summed E-state index contributed by atoms with van der Waals surface area (Å²) < 4.78 is 6.46. The molecule has 2 nitrogen and oxygen atoms in total. The van der Waals surface area contributed by atoms with Gasteiger partial charge in [0.05, 0.1) is 10.9 Å². The van der Waals surface area contributed by atoms with Gasteiger partial charge in [-0.25, -0.2) is 4.79 Å². The maximum Gasteiger partial charge on any atom is 0.348 e. The third-order valence-corrected chi connectivity index (χ3v) is 5.13. The zero-order valence-electron chi connectivity index (χ0n) is 6.48. The van der Waals surface area contributed by atoms with E-state index in [0.29, 0.717) is 4.88 Å². The first-order chi connectivity index (χ1) is 5.57. The second-order valence-corrected chi connectivity index (χ2v) is 5.27. The molecule has 0 aromatic carbocycles. The fourth-order valence-corrected chi connectivity index (χ4v) is 2.94. The predicted octanol–water partition coefficient (Wildman–Crippen LogP) is 3.37. The lowest BCUT2D eigenvalue weighted by Gasteiger charge is -1.95. The monoisotopic (exact) mass is 312 g/mol. The molecule has 1 aromatic rings. The van der Waals surface area contributed by atoms with E-state index in [9.17, 15) is 4.79 Å². The van der Waals surface area contributed by atoms with Crippen molar-refractivity contribution >= 4 is 49.2 Å². The van der Waals surface area contributed by atoms with Crippen molar-refractivity contribution in [2.75, 3.05) is 7.11 Å². The fraction of sp³-hybridized carbons (Fsp3) is 0.286. The molecule has 1 heterocycles. The van der Waals surface area contributed by atoms with Gasteiger partial charge in [-0.2, -0.15) is 0 Å². The van der Waals surface area contributed by atoms with Crippen molar-refractivity contribution in [3.8, 4) is 0 Å². The smallest absolute Gasteiger partial charge is 0.348 e. The lowest BCUT2D eigenvalue weighted by atomic mass is 10.3. The molecule has 1 rings (SSSR count). The van der Waals surface area contributed by atoms with Crippen LogP contribution >= 0.6 is 43.2 Å². The number of thiophene rings is 1. The minimum Gasteiger partial charge on any atom is -0.465 e. The molecule has 0 spiro atoms. The number of methoxy groups -OCH3 is 1. The summed E-state index contributed by atoms with van der Waals surface area (Å²) >= 11 is 8.05. The lowest BCUT2D eigenvalue weighted by Crippen LogP contribution is -1.99. The van der Waals surface area contributed by atoms with E-state index in [4.69, 9.17) is 0 Å². The zero-order chi connectivity index (χ0) is 9.30. The zero-order valence-corrected chi connectivity index (χ0v) is 10.5. The van der Waals surface area contributed by atoms with Crippen molar-refractivity contribution in [3.05, 3.63) is 18.7 Å². The SMILES string of the molecule is COC(=O)c1sc(Br)c(Br)c1C. The third-order valence-electron chi connectivity index (χ3n) is 1.40. The molecule has 0 aliphatic carbocycles. The molecule has 5 heteroatoms. The van der Waals surface area contributed by atoms with Gasteiger partial charge in [0.2, 0.25) is 0 Å². The van der Waals surface area contributed by atoms with Gasteiger partial charge in [-0.15, -0.1) is 11.3 Å². The Bertz CT molecular complexity index is 319. The van der Waals surface area contributed by atoms with Gasteiger partial charge >= 0.3 is 5.97 Å². The summed E-state index contributed by atoms with van der Waals surface area (Å²) in [6.07, 6.45) is 0. The highest BCUT2D eigenvalue weighted by atomic mass is 79.9. The topological polar surface area (TPSA) is 26.3 Å². The Kier molecular flexibility index (Phi) is 3.31. The van der Waals surface area contributed by atoms with Crippen molar-refractivity contribution in [1.29, 1.82) is 0 Å². The molecule has 0 amide bonds. The minimum atomic E-state index is -0.288. The van der Waals surface area contributed by atoms with E-state index in [1.54, 1.807) is 0 Å². The second kappa shape index (κ2) is 3.89. The first-order valence-corrected chi connectivity index (χ1v) is 5.51. The summed E-state index contributed by atoms with van der Waals surface area (Å²) in [5, 5.41) is 0. The average Bonchev–Trinajstić information content (AvgIpc) is 2.32. The van der Waals surface area contributed by atoms with Crippen LogP contribution in [-0.4, -0.2) is 13.1 Å². The van der Waals surface area contributed by atoms with Crippen LogP contribution in [0.25, 0.3) is 0 Å². The van der Waals surface area contributed by atoms with E-state index in [2.05, 4.69) is 36.6 Å². The van der Waals surface area contributed by atoms with Crippen LogP contribution in [0.1, 0.15) is 15.2 Å². The number of halogens is 2. The molecule has 66 valence electrons. The first-order valence-electron chi connectivity index (χ1n) is 3.10. The maximum absolute atomic E-state index is 11.1. The van der Waals surface area contributed by atoms with Gasteiger partial charge in [0, 0.05) is 4.47 Å². The van der Waals surface area contributed by atoms with E-state index in [0.717, 1.165) is 13.8 Å². The Morgan fingerprint density at radius 1 is 1.50 bits per heavy atom. The lowest BCUT2D eigenvalue weighted by molar-refractivity contribution is 0.0605. The Morgan fingerprint density at radius 3 is 2.42 bits per heavy atom. The van der Waals surface area contributed by atoms with Crippen molar-refractivity contribution in [3.63, 3.8) is 0 Å². The highest BCUT2D eigenvalue weighted by molar-refractivity contribution is 9.13. The number of esters is 1. The molecular weight excluding hydrogens is 308 g/mol. The summed E-state index contributed by atoms with van der Waals surface area (Å²) in [5.41, 5.74) is 0.915. The van der Waals surface area contributed by atoms with E-state index in [1.807, 2.05) is 6.92 Å². The molecular formula is C7H6Br2O2S. The minimum absolute atomic E-state index is 0.288. The maximum atomic E-state index is 11.1. The second-order valence-electron chi connectivity index (χ2n) is 2.14. The molecule has 0 aliphatic rings. The largest absolute Gasteiger partial charge is 0.465 e. The van der Waals surface area contributed by atoms with Crippen LogP contribution in [0.3, 0.4) is 0 Å². The van der Waals surface area contributed by atoms with Gasteiger partial charge in [0.15, 0.2) is 0 Å². The van der Waals surface area contributed by atoms with Crippen LogP contribution in [-0.2, 0) is 4.74 Å². The van der Waals surface area contributed by atoms with Crippen LogP contribution < -0.4 is 0 Å². The molecule has 0 unspecified atom stereocenters. The van der Waals surface area contributed by atoms with Crippen molar-refractivity contribution in [2.24, 2.45) is 0 Å². The van der Waals surface area contributed by atoms with Gasteiger partial charge in [-0.1, -0.05) is 0 Å². The average molecular weight is 314 g/mol. The molecule has 0 atom stereocenters. The Balaban J connectivity index is 3.17. The number of carbonyl (C=O) groups excluding carboxylic acids is 1. The van der Waals surface area contributed by atoms with Gasteiger partial charge < -0.3 is 4.74 Å². The molecule has 1 aromatic heterocycles. The summed E-state index contributed by atoms with van der Waals surface area (Å²) in [4.78, 5) is 11.8. The molecule has 12 heavy (non-hydrogen) atoms. The van der Waals surface area contributed by atoms with E-state index >= 15 is 0 Å². The third kappa shape index (κ3) is 1.72. The molecule has 0 radical (unpaired) electrons. The van der Waals surface area contributed by atoms with E-state index in [-0.39, 0.29) is 5.97 Å². The van der Waals surface area contributed by atoms with E-state index < -0.39 is 0 Å². The van der Waals surface area contributed by atoms with Gasteiger partial charge in [-0.05, 0) is 44.3 Å². The predicted molar refractivity (Wildman–Crippen MR) is 55.8 cm³/mol. The molecule has 0 saturated carbocycles. The van der Waals surface area contributed by atoms with Crippen molar-refractivity contribution in [2.45, 2.75) is 6.92 Å². The van der Waals surface area contributed by atoms with Gasteiger partial charge in [-0.3, -0.25) is 0 Å². The number of ether oxygens (including phenoxy) is 1. The van der Waals surface area contributed by atoms with Gasteiger partial charge in [0.1, 0.15) is 4.88 Å². The molecule has 0 bridgehead atoms. The summed E-state index contributed by atoms with van der Waals surface area (Å²) in [6, 6.07) is 0. The standard InChI is InChI=1S/C7H6Br2O2S/c1-3-4(8)6(9)12-5(3)7(10)11-2/h1-2H3. The molecule has 0 aliphatic heterocycles. The highest BCUT2D eigenvalue weighted by Crippen LogP contribution is 2.36. The normalized spacial score (nSPS) is 10.0. The number of hydrogen-bond donors (Lipinski definition) is 0. The summed E-state index contributed by atoms with van der Waals surface area (Å²) in [7, 11) is 1.38. The molecule has 0 N–H and O–H groups in total. The summed E-state index contributed by atoms with van der Waals surface area (Å²) in [6.45, 7) is 1.87. The van der Waals surface area contributed by atoms with E-state index in [1.165, 1.54) is 18.4 Å². The van der Waals surface area contributed by atoms with Crippen LogP contribution in [0.5, 0.6) is 0 Å². The quantitative estimate of drug-likeness (QED) is 0.743. The van der Waals surface area contributed by atoms with Crippen molar-refractivity contribution in [1.82, 2.24) is 0 Å². The van der Waals surface area contributed by atoms with Crippen LogP contribution in [0.15, 0.2) is 8.26 Å². The number of carbonyl (C=O) groups is 1. The Labute approximate surface area is 91.2 Å². The van der Waals surface area contributed by atoms with Crippen molar-refractivity contribution < 1.29 is 9.53 Å². The molecule has 0 saturated heterocycles. The summed E-state index contributed by atoms with van der Waals surface area (Å²) in [5.74, 6) is -0.288. The number of hydrogen-bond acceptors (Lipinski definition) is 3. The van der Waals surface area contributed by atoms with Crippen LogP contribution in [0.4, 0.5) is 0 Å². The number of rotatable bonds is 1. The fourth-order valence-electron chi connectivity index (χ4n) is 0.746. The Hall–Kier alpha value is 0.130. The van der Waals surface area contributed by atoms with Crippen LogP contribution in [0.2, 0.25) is 0 Å². The highest BCUT2D eigenvalue weighted by Gasteiger charge is 2.17. The first kappa shape index (κ1) is 10.2.